The molecule has 0 bridgehead atoms. The molecule has 1 aliphatic carbocycles. The summed E-state index contributed by atoms with van der Waals surface area (Å²) in [6.45, 7) is -2.41. The highest BCUT2D eigenvalue weighted by molar-refractivity contribution is 7.81. The van der Waals surface area contributed by atoms with Crippen LogP contribution in [0.2, 0.25) is 0 Å². The van der Waals surface area contributed by atoms with Crippen molar-refractivity contribution in [2.45, 2.75) is 5.25 Å². The molecule has 0 aliphatic heterocycles. The van der Waals surface area contributed by atoms with Gasteiger partial charge in [0, 0.05) is 5.25 Å². The SMILES string of the molecule is FCC1=CC(CF)(CF)C(S)C=C1. The number of alkyl halides is 3. The van der Waals surface area contributed by atoms with Gasteiger partial charge in [-0.1, -0.05) is 18.2 Å². The fraction of sp³-hybridized carbons (Fsp3) is 0.556. The van der Waals surface area contributed by atoms with E-state index in [4.69, 9.17) is 0 Å². The maximum absolute atomic E-state index is 12.6. The second kappa shape index (κ2) is 4.22. The van der Waals surface area contributed by atoms with Gasteiger partial charge in [0.2, 0.25) is 0 Å². The van der Waals surface area contributed by atoms with Gasteiger partial charge in [0.15, 0.2) is 0 Å². The molecule has 0 aromatic heterocycles. The van der Waals surface area contributed by atoms with E-state index in [1.807, 2.05) is 0 Å². The van der Waals surface area contributed by atoms with Crippen molar-refractivity contribution in [3.8, 4) is 0 Å². The first-order chi connectivity index (χ1) is 6.18. The van der Waals surface area contributed by atoms with Crippen LogP contribution in [0.3, 0.4) is 0 Å². The van der Waals surface area contributed by atoms with Gasteiger partial charge in [-0.2, -0.15) is 12.6 Å². The highest BCUT2D eigenvalue weighted by Gasteiger charge is 2.36. The van der Waals surface area contributed by atoms with Crippen molar-refractivity contribution >= 4 is 12.6 Å². The molecule has 0 amide bonds. The van der Waals surface area contributed by atoms with E-state index in [0.29, 0.717) is 5.57 Å². The molecule has 0 fully saturated rings. The van der Waals surface area contributed by atoms with Crippen LogP contribution in [0.1, 0.15) is 0 Å². The molecule has 4 heteroatoms. The van der Waals surface area contributed by atoms with Gasteiger partial charge in [-0.05, 0) is 5.57 Å². The average molecular weight is 208 g/mol. The molecule has 0 nitrogen and oxygen atoms in total. The Hall–Kier alpha value is -0.380. The molecule has 74 valence electrons. The molecule has 1 atom stereocenters. The van der Waals surface area contributed by atoms with E-state index in [0.717, 1.165) is 0 Å². The summed E-state index contributed by atoms with van der Waals surface area (Å²) in [6.07, 6.45) is 4.35. The van der Waals surface area contributed by atoms with Gasteiger partial charge in [0.05, 0.1) is 5.41 Å². The molecule has 0 N–H and O–H groups in total. The van der Waals surface area contributed by atoms with Gasteiger partial charge in [-0.25, -0.2) is 13.2 Å². The Bertz CT molecular complexity index is 231. The summed E-state index contributed by atoms with van der Waals surface area (Å²) < 4.78 is 37.4. The minimum atomic E-state index is -1.26. The normalized spacial score (nSPS) is 25.8. The van der Waals surface area contributed by atoms with Crippen LogP contribution in [-0.2, 0) is 0 Å². The Labute approximate surface area is 80.9 Å². The monoisotopic (exact) mass is 208 g/mol. The van der Waals surface area contributed by atoms with Gasteiger partial charge in [0.25, 0.3) is 0 Å². The van der Waals surface area contributed by atoms with Gasteiger partial charge in [-0.15, -0.1) is 0 Å². The Morgan fingerprint density at radius 2 is 1.92 bits per heavy atom. The summed E-state index contributed by atoms with van der Waals surface area (Å²) in [6, 6.07) is 0. The number of halogens is 3. The van der Waals surface area contributed by atoms with E-state index < -0.39 is 30.7 Å². The number of hydrogen-bond donors (Lipinski definition) is 1. The first kappa shape index (κ1) is 10.7. The Balaban J connectivity index is 2.94. The van der Waals surface area contributed by atoms with E-state index in [1.54, 1.807) is 0 Å². The van der Waals surface area contributed by atoms with E-state index in [9.17, 15) is 13.2 Å². The van der Waals surface area contributed by atoms with Crippen LogP contribution in [0, 0.1) is 5.41 Å². The number of rotatable bonds is 3. The molecule has 1 rings (SSSR count). The molecule has 0 heterocycles. The molecule has 0 radical (unpaired) electrons. The average Bonchev–Trinajstić information content (AvgIpc) is 2.19. The van der Waals surface area contributed by atoms with Crippen molar-refractivity contribution in [1.29, 1.82) is 0 Å². The van der Waals surface area contributed by atoms with Gasteiger partial charge >= 0.3 is 0 Å². The van der Waals surface area contributed by atoms with Crippen LogP contribution < -0.4 is 0 Å². The highest BCUT2D eigenvalue weighted by Crippen LogP contribution is 2.35. The minimum absolute atomic E-state index is 0.320. The van der Waals surface area contributed by atoms with Gasteiger partial charge in [0.1, 0.15) is 20.0 Å². The number of allylic oxidation sites excluding steroid dienone is 3. The number of hydrogen-bond acceptors (Lipinski definition) is 1. The molecule has 1 aliphatic rings. The molecule has 13 heavy (non-hydrogen) atoms. The van der Waals surface area contributed by atoms with Crippen LogP contribution in [0.15, 0.2) is 23.8 Å². The second-order valence-electron chi connectivity index (χ2n) is 3.16. The summed E-state index contributed by atoms with van der Waals surface area (Å²) in [5, 5.41) is -0.516. The van der Waals surface area contributed by atoms with Crippen LogP contribution >= 0.6 is 12.6 Å². The summed E-state index contributed by atoms with van der Waals surface area (Å²) >= 11 is 4.05. The maximum atomic E-state index is 12.6. The lowest BCUT2D eigenvalue weighted by atomic mass is 9.81. The summed E-state index contributed by atoms with van der Waals surface area (Å²) in [4.78, 5) is 0. The fourth-order valence-corrected chi connectivity index (χ4v) is 1.56. The topological polar surface area (TPSA) is 0 Å². The first-order valence-electron chi connectivity index (χ1n) is 3.94. The summed E-state index contributed by atoms with van der Waals surface area (Å²) in [7, 11) is 0. The third-order valence-electron chi connectivity index (χ3n) is 2.21. The number of thiol groups is 1. The quantitative estimate of drug-likeness (QED) is 0.677. The lowest BCUT2D eigenvalue weighted by Gasteiger charge is -2.31. The minimum Gasteiger partial charge on any atom is -0.250 e. The van der Waals surface area contributed by atoms with Crippen molar-refractivity contribution in [3.63, 3.8) is 0 Å². The summed E-state index contributed by atoms with van der Waals surface area (Å²) in [5.74, 6) is 0. The van der Waals surface area contributed by atoms with E-state index in [2.05, 4.69) is 12.6 Å². The molecule has 0 saturated carbocycles. The largest absolute Gasteiger partial charge is 0.250 e. The molecular formula is C9H11F3S. The fourth-order valence-electron chi connectivity index (χ4n) is 1.26. The third-order valence-corrected chi connectivity index (χ3v) is 2.89. The predicted molar refractivity (Wildman–Crippen MR) is 50.4 cm³/mol. The molecule has 1 unspecified atom stereocenters. The predicted octanol–water partition coefficient (Wildman–Crippen LogP) is 2.68. The van der Waals surface area contributed by atoms with Crippen LogP contribution in [-0.4, -0.2) is 25.3 Å². The summed E-state index contributed by atoms with van der Waals surface area (Å²) in [5.41, 5.74) is -0.945. The van der Waals surface area contributed by atoms with E-state index in [1.165, 1.54) is 18.2 Å². The van der Waals surface area contributed by atoms with Crippen LogP contribution in [0.25, 0.3) is 0 Å². The molecular weight excluding hydrogens is 197 g/mol. The van der Waals surface area contributed by atoms with Crippen LogP contribution in [0.5, 0.6) is 0 Å². The Morgan fingerprint density at radius 3 is 2.38 bits per heavy atom. The highest BCUT2D eigenvalue weighted by atomic mass is 32.1. The van der Waals surface area contributed by atoms with Gasteiger partial charge in [-0.3, -0.25) is 0 Å². The molecule has 0 aromatic rings. The van der Waals surface area contributed by atoms with Crippen molar-refractivity contribution in [1.82, 2.24) is 0 Å². The maximum Gasteiger partial charge on any atom is 0.114 e. The van der Waals surface area contributed by atoms with Crippen molar-refractivity contribution < 1.29 is 13.2 Å². The van der Waals surface area contributed by atoms with E-state index in [-0.39, 0.29) is 0 Å². The Morgan fingerprint density at radius 1 is 1.31 bits per heavy atom. The zero-order chi connectivity index (χ0) is 9.90. The van der Waals surface area contributed by atoms with Crippen molar-refractivity contribution in [3.05, 3.63) is 23.8 Å². The van der Waals surface area contributed by atoms with Crippen LogP contribution in [0.4, 0.5) is 13.2 Å². The second-order valence-corrected chi connectivity index (χ2v) is 3.71. The van der Waals surface area contributed by atoms with Crippen molar-refractivity contribution in [2.75, 3.05) is 20.0 Å². The van der Waals surface area contributed by atoms with Gasteiger partial charge < -0.3 is 0 Å². The standard InChI is InChI=1S/C9H11F3S/c10-4-7-1-2-8(13)9(3-7,5-11)6-12/h1-3,8,13H,4-6H2. The molecule has 0 spiro atoms. The third kappa shape index (κ3) is 1.93. The Kier molecular flexibility index (Phi) is 3.47. The lowest BCUT2D eigenvalue weighted by Crippen LogP contribution is -2.35. The molecule has 0 saturated heterocycles. The first-order valence-corrected chi connectivity index (χ1v) is 4.46. The van der Waals surface area contributed by atoms with Crippen molar-refractivity contribution in [2.24, 2.45) is 5.41 Å². The van der Waals surface area contributed by atoms with E-state index >= 15 is 0 Å². The zero-order valence-corrected chi connectivity index (χ0v) is 7.91. The smallest absolute Gasteiger partial charge is 0.114 e. The zero-order valence-electron chi connectivity index (χ0n) is 7.01. The molecule has 0 aromatic carbocycles. The lowest BCUT2D eigenvalue weighted by molar-refractivity contribution is 0.214.